The second-order valence-corrected chi connectivity index (χ2v) is 2.49. The molecule has 1 saturated heterocycles. The molecule has 4 nitrogen and oxygen atoms in total. The fourth-order valence-electron chi connectivity index (χ4n) is 1.07. The molecule has 1 rings (SSSR count). The normalized spacial score (nSPS) is 24.7. The fourth-order valence-corrected chi connectivity index (χ4v) is 1.07. The standard InChI is InChI=1S/C6H9BN2O2/c7-6(11)9-4-1-2-8-3-5(4)10/h4,8H,1-3H2,(H,9,11). The highest BCUT2D eigenvalue weighted by molar-refractivity contribution is 6.57. The van der Waals surface area contributed by atoms with Crippen LogP contribution in [0, 0.1) is 0 Å². The van der Waals surface area contributed by atoms with Gasteiger partial charge in [0.25, 0.3) is 0 Å². The molecule has 11 heavy (non-hydrogen) atoms. The lowest BCUT2D eigenvalue weighted by atomic mass is 10.0. The number of rotatable bonds is 1. The molecule has 0 aromatic rings. The van der Waals surface area contributed by atoms with Gasteiger partial charge in [-0.25, -0.2) is 0 Å². The number of carbonyl (C=O) groups excluding carboxylic acids is 2. The van der Waals surface area contributed by atoms with Gasteiger partial charge in [0.2, 0.25) is 7.85 Å². The first-order valence-corrected chi connectivity index (χ1v) is 3.49. The molecule has 1 atom stereocenters. The Bertz CT molecular complexity index is 183. The van der Waals surface area contributed by atoms with E-state index in [0.29, 0.717) is 13.0 Å². The van der Waals surface area contributed by atoms with Gasteiger partial charge in [0.05, 0.1) is 12.6 Å². The second-order valence-electron chi connectivity index (χ2n) is 2.49. The van der Waals surface area contributed by atoms with Gasteiger partial charge in [-0.15, -0.1) is 0 Å². The van der Waals surface area contributed by atoms with E-state index in [2.05, 4.69) is 10.6 Å². The highest BCUT2D eigenvalue weighted by atomic mass is 16.2. The summed E-state index contributed by atoms with van der Waals surface area (Å²) < 4.78 is 0. The van der Waals surface area contributed by atoms with Crippen LogP contribution in [0.1, 0.15) is 6.42 Å². The Hall–Kier alpha value is -0.835. The molecule has 0 aromatic carbocycles. The summed E-state index contributed by atoms with van der Waals surface area (Å²) in [6.45, 7) is 1.07. The lowest BCUT2D eigenvalue weighted by molar-refractivity contribution is -0.121. The van der Waals surface area contributed by atoms with Crippen molar-refractivity contribution in [1.82, 2.24) is 10.6 Å². The molecule has 0 bridgehead atoms. The number of hydrogen-bond acceptors (Lipinski definition) is 3. The molecule has 0 aliphatic carbocycles. The Kier molecular flexibility index (Phi) is 2.65. The van der Waals surface area contributed by atoms with Crippen LogP contribution in [-0.2, 0) is 4.79 Å². The molecule has 0 spiro atoms. The number of nitrogens with one attached hydrogen (secondary N) is 2. The zero-order chi connectivity index (χ0) is 8.27. The molecule has 1 aliphatic rings. The average Bonchev–Trinajstić information content (AvgIpc) is 1.93. The van der Waals surface area contributed by atoms with Gasteiger partial charge >= 0.3 is 0 Å². The van der Waals surface area contributed by atoms with Crippen molar-refractivity contribution in [3.8, 4) is 0 Å². The maximum Gasteiger partial charge on any atom is 0.200 e. The van der Waals surface area contributed by atoms with E-state index in [0.717, 1.165) is 6.54 Å². The first-order chi connectivity index (χ1) is 5.20. The second kappa shape index (κ2) is 3.53. The Balaban J connectivity index is 2.42. The Morgan fingerprint density at radius 1 is 1.73 bits per heavy atom. The van der Waals surface area contributed by atoms with Crippen LogP contribution < -0.4 is 10.6 Å². The summed E-state index contributed by atoms with van der Waals surface area (Å²) >= 11 is 0. The summed E-state index contributed by atoms with van der Waals surface area (Å²) in [5.74, 6) is -0.639. The molecule has 5 heteroatoms. The minimum absolute atomic E-state index is 0.00458. The highest BCUT2D eigenvalue weighted by Crippen LogP contribution is 1.97. The maximum atomic E-state index is 11.0. The molecule has 0 saturated carbocycles. The van der Waals surface area contributed by atoms with Crippen molar-refractivity contribution in [2.45, 2.75) is 12.5 Å². The van der Waals surface area contributed by atoms with E-state index in [1.807, 2.05) is 0 Å². The topological polar surface area (TPSA) is 58.2 Å². The van der Waals surface area contributed by atoms with Gasteiger partial charge in [-0.2, -0.15) is 0 Å². The summed E-state index contributed by atoms with van der Waals surface area (Å²) in [4.78, 5) is 21.3. The van der Waals surface area contributed by atoms with Gasteiger partial charge < -0.3 is 10.6 Å². The lowest BCUT2D eigenvalue weighted by Gasteiger charge is -2.21. The van der Waals surface area contributed by atoms with Crippen molar-refractivity contribution < 1.29 is 9.59 Å². The van der Waals surface area contributed by atoms with Crippen molar-refractivity contribution in [3.05, 3.63) is 0 Å². The van der Waals surface area contributed by atoms with Crippen molar-refractivity contribution >= 4 is 19.4 Å². The quantitative estimate of drug-likeness (QED) is 0.463. The van der Waals surface area contributed by atoms with Crippen molar-refractivity contribution in [2.75, 3.05) is 13.1 Å². The van der Waals surface area contributed by atoms with Crippen LogP contribution in [0.15, 0.2) is 0 Å². The van der Waals surface area contributed by atoms with Crippen LogP contribution in [0.25, 0.3) is 0 Å². The minimum Gasteiger partial charge on any atom is -0.356 e. The highest BCUT2D eigenvalue weighted by Gasteiger charge is 2.21. The van der Waals surface area contributed by atoms with Crippen LogP contribution in [0.3, 0.4) is 0 Å². The van der Waals surface area contributed by atoms with Gasteiger partial charge in [0.1, 0.15) is 0 Å². The van der Waals surface area contributed by atoms with Gasteiger partial charge in [-0.3, -0.25) is 9.59 Å². The summed E-state index contributed by atoms with van der Waals surface area (Å²) in [5, 5.41) is 5.28. The molecule has 1 unspecified atom stereocenters. The van der Waals surface area contributed by atoms with E-state index in [-0.39, 0.29) is 11.8 Å². The van der Waals surface area contributed by atoms with Crippen LogP contribution in [0.2, 0.25) is 0 Å². The number of Topliss-reactive ketones (excluding diaryl/α,β-unsaturated/α-hetero) is 1. The third-order valence-electron chi connectivity index (χ3n) is 1.61. The molecule has 2 radical (unpaired) electrons. The zero-order valence-electron chi connectivity index (χ0n) is 6.09. The van der Waals surface area contributed by atoms with Crippen LogP contribution in [0.4, 0.5) is 4.79 Å². The minimum atomic E-state index is -0.634. The van der Waals surface area contributed by atoms with Crippen LogP contribution in [-0.4, -0.2) is 38.6 Å². The predicted molar refractivity (Wildman–Crippen MR) is 40.6 cm³/mol. The molecule has 1 amide bonds. The van der Waals surface area contributed by atoms with Crippen molar-refractivity contribution in [2.24, 2.45) is 0 Å². The number of carbonyl (C=O) groups is 2. The average molecular weight is 152 g/mol. The van der Waals surface area contributed by atoms with E-state index >= 15 is 0 Å². The van der Waals surface area contributed by atoms with Gasteiger partial charge in [-0.05, 0) is 13.0 Å². The van der Waals surface area contributed by atoms with E-state index in [9.17, 15) is 9.59 Å². The van der Waals surface area contributed by atoms with E-state index < -0.39 is 5.81 Å². The Morgan fingerprint density at radius 3 is 3.00 bits per heavy atom. The lowest BCUT2D eigenvalue weighted by Crippen LogP contribution is -2.49. The summed E-state index contributed by atoms with van der Waals surface area (Å²) in [5.41, 5.74) is 0. The van der Waals surface area contributed by atoms with Crippen molar-refractivity contribution in [1.29, 1.82) is 0 Å². The Morgan fingerprint density at radius 2 is 2.45 bits per heavy atom. The number of hydrogen-bond donors (Lipinski definition) is 2. The molecule has 1 fully saturated rings. The molecular weight excluding hydrogens is 143 g/mol. The molecule has 58 valence electrons. The van der Waals surface area contributed by atoms with Gasteiger partial charge in [-0.1, -0.05) is 0 Å². The summed E-state index contributed by atoms with van der Waals surface area (Å²) in [6.07, 6.45) is 0.627. The first kappa shape index (κ1) is 8.26. The van der Waals surface area contributed by atoms with Crippen molar-refractivity contribution in [3.63, 3.8) is 0 Å². The largest absolute Gasteiger partial charge is 0.356 e. The van der Waals surface area contributed by atoms with E-state index in [4.69, 9.17) is 7.85 Å². The number of amides is 1. The van der Waals surface area contributed by atoms with E-state index in [1.165, 1.54) is 0 Å². The van der Waals surface area contributed by atoms with Gasteiger partial charge in [0, 0.05) is 0 Å². The zero-order valence-corrected chi connectivity index (χ0v) is 6.09. The van der Waals surface area contributed by atoms with E-state index in [1.54, 1.807) is 0 Å². The number of piperidine rings is 1. The molecule has 0 aromatic heterocycles. The first-order valence-electron chi connectivity index (χ1n) is 3.49. The SMILES string of the molecule is [B]C(=O)NC1CCNCC1=O. The van der Waals surface area contributed by atoms with Gasteiger partial charge in [0.15, 0.2) is 11.6 Å². The molecule has 1 aliphatic heterocycles. The van der Waals surface area contributed by atoms with Crippen LogP contribution >= 0.6 is 0 Å². The fraction of sp³-hybridized carbons (Fsp3) is 0.667. The Labute approximate surface area is 66.1 Å². The maximum absolute atomic E-state index is 11.0. The monoisotopic (exact) mass is 152 g/mol. The molecule has 2 N–H and O–H groups in total. The molecular formula is C6H9BN2O2. The smallest absolute Gasteiger partial charge is 0.200 e. The predicted octanol–water partition coefficient (Wildman–Crippen LogP) is -1.20. The molecule has 1 heterocycles. The third-order valence-corrected chi connectivity index (χ3v) is 1.61. The van der Waals surface area contributed by atoms with Crippen LogP contribution in [0.5, 0.6) is 0 Å². The third kappa shape index (κ3) is 2.34. The summed E-state index contributed by atoms with van der Waals surface area (Å²) in [7, 11) is 4.86. The summed E-state index contributed by atoms with van der Waals surface area (Å²) in [6, 6.07) is -0.381. The number of ketones is 1.